The molecule has 0 radical (unpaired) electrons. The highest BCUT2D eigenvalue weighted by Gasteiger charge is 1.98. The summed E-state index contributed by atoms with van der Waals surface area (Å²) in [5.41, 5.74) is 1.06. The van der Waals surface area contributed by atoms with Crippen molar-refractivity contribution in [1.82, 2.24) is 4.98 Å². The van der Waals surface area contributed by atoms with Crippen molar-refractivity contribution >= 4 is 33.8 Å². The zero-order chi connectivity index (χ0) is 14.8. The smallest absolute Gasteiger partial charge is 0.231 e. The summed E-state index contributed by atoms with van der Waals surface area (Å²) in [7, 11) is 0. The van der Waals surface area contributed by atoms with E-state index in [1.54, 1.807) is 0 Å². The van der Waals surface area contributed by atoms with Crippen molar-refractivity contribution in [2.24, 2.45) is 0 Å². The fourth-order valence-corrected chi connectivity index (χ4v) is 1.81. The summed E-state index contributed by atoms with van der Waals surface area (Å²) < 4.78 is 0. The predicted molar refractivity (Wildman–Crippen MR) is 76.1 cm³/mol. The molecule has 0 aliphatic carbocycles. The SMILES string of the molecule is N=C=O.N=C=O.c1ccc2c(c1)cnc1ccccc12. The number of rotatable bonds is 0. The van der Waals surface area contributed by atoms with E-state index in [4.69, 9.17) is 20.4 Å². The van der Waals surface area contributed by atoms with E-state index in [9.17, 15) is 0 Å². The van der Waals surface area contributed by atoms with Gasteiger partial charge in [-0.25, -0.2) is 20.4 Å². The molecule has 3 aromatic rings. The molecule has 0 saturated carbocycles. The van der Waals surface area contributed by atoms with Crippen LogP contribution in [0.15, 0.2) is 54.7 Å². The molecule has 3 rings (SSSR count). The van der Waals surface area contributed by atoms with Gasteiger partial charge in [0.2, 0.25) is 12.2 Å². The third-order valence-electron chi connectivity index (χ3n) is 2.50. The molecular formula is C15H11N3O2. The van der Waals surface area contributed by atoms with Gasteiger partial charge in [0.15, 0.2) is 0 Å². The van der Waals surface area contributed by atoms with Crippen molar-refractivity contribution in [3.05, 3.63) is 54.7 Å². The van der Waals surface area contributed by atoms with Crippen LogP contribution in [0.1, 0.15) is 0 Å². The topological polar surface area (TPSA) is 94.7 Å². The molecule has 0 saturated heterocycles. The van der Waals surface area contributed by atoms with Gasteiger partial charge in [0.1, 0.15) is 0 Å². The van der Waals surface area contributed by atoms with Crippen molar-refractivity contribution in [1.29, 1.82) is 10.8 Å². The molecule has 0 amide bonds. The zero-order valence-electron chi connectivity index (χ0n) is 10.5. The van der Waals surface area contributed by atoms with Crippen LogP contribution in [0.2, 0.25) is 0 Å². The molecule has 0 aliphatic heterocycles. The Bertz CT molecular complexity index is 705. The molecule has 98 valence electrons. The van der Waals surface area contributed by atoms with E-state index < -0.39 is 0 Å². The molecule has 0 aliphatic rings. The van der Waals surface area contributed by atoms with Gasteiger partial charge in [0.05, 0.1) is 5.52 Å². The Morgan fingerprint density at radius 2 is 1.30 bits per heavy atom. The second-order valence-corrected chi connectivity index (χ2v) is 3.57. The molecule has 5 heteroatoms. The Morgan fingerprint density at radius 1 is 0.800 bits per heavy atom. The van der Waals surface area contributed by atoms with Gasteiger partial charge in [0.25, 0.3) is 0 Å². The first kappa shape index (κ1) is 14.9. The number of hydrogen-bond acceptors (Lipinski definition) is 5. The van der Waals surface area contributed by atoms with Gasteiger partial charge in [-0.3, -0.25) is 4.98 Å². The first-order valence-electron chi connectivity index (χ1n) is 5.58. The quantitative estimate of drug-likeness (QED) is 0.371. The molecule has 0 atom stereocenters. The van der Waals surface area contributed by atoms with Crippen LogP contribution in [-0.2, 0) is 9.59 Å². The average Bonchev–Trinajstić information content (AvgIpc) is 2.49. The third kappa shape index (κ3) is 3.68. The first-order valence-corrected chi connectivity index (χ1v) is 5.58. The maximum atomic E-state index is 8.35. The van der Waals surface area contributed by atoms with Crippen molar-refractivity contribution in [2.45, 2.75) is 0 Å². The average molecular weight is 265 g/mol. The Labute approximate surface area is 114 Å². The first-order chi connectivity index (χ1) is 9.78. The number of carbonyl (C=O) groups excluding carboxylic acids is 2. The molecule has 1 heterocycles. The number of nitrogens with zero attached hydrogens (tertiary/aromatic N) is 1. The summed E-state index contributed by atoms with van der Waals surface area (Å²) in [5, 5.41) is 14.5. The Morgan fingerprint density at radius 3 is 1.95 bits per heavy atom. The Hall–Kier alpha value is -3.13. The molecule has 20 heavy (non-hydrogen) atoms. The fraction of sp³-hybridized carbons (Fsp3) is 0. The van der Waals surface area contributed by atoms with Crippen molar-refractivity contribution < 1.29 is 9.59 Å². The van der Waals surface area contributed by atoms with Crippen LogP contribution in [0.25, 0.3) is 21.7 Å². The lowest BCUT2D eigenvalue weighted by Crippen LogP contribution is -1.80. The standard InChI is InChI=1S/C13H9N.2CHNO/c1-2-6-11-10(5-1)9-14-13-8-4-3-7-12(11)13;2*2-1-3/h1-9H;2*2H. The summed E-state index contributed by atoms with van der Waals surface area (Å²) in [6.07, 6.45) is 3.43. The number of fused-ring (bicyclic) bond motifs is 3. The van der Waals surface area contributed by atoms with Crippen LogP contribution >= 0.6 is 0 Å². The third-order valence-corrected chi connectivity index (χ3v) is 2.50. The van der Waals surface area contributed by atoms with Gasteiger partial charge in [-0.05, 0) is 11.5 Å². The normalized spacial score (nSPS) is 8.40. The lowest BCUT2D eigenvalue weighted by atomic mass is 10.1. The van der Waals surface area contributed by atoms with E-state index in [-0.39, 0.29) is 0 Å². The molecule has 5 nitrogen and oxygen atoms in total. The van der Waals surface area contributed by atoms with Gasteiger partial charge < -0.3 is 0 Å². The van der Waals surface area contributed by atoms with Crippen LogP contribution in [0, 0.1) is 10.8 Å². The van der Waals surface area contributed by atoms with Gasteiger partial charge in [-0.2, -0.15) is 0 Å². The van der Waals surface area contributed by atoms with Gasteiger partial charge in [0, 0.05) is 17.0 Å². The number of benzene rings is 2. The molecule has 2 aromatic carbocycles. The molecule has 2 N–H and O–H groups in total. The van der Waals surface area contributed by atoms with Gasteiger partial charge in [-0.1, -0.05) is 42.5 Å². The monoisotopic (exact) mass is 265 g/mol. The van der Waals surface area contributed by atoms with E-state index in [0.717, 1.165) is 17.7 Å². The molecule has 0 bridgehead atoms. The lowest BCUT2D eigenvalue weighted by Gasteiger charge is -2.01. The van der Waals surface area contributed by atoms with Crippen molar-refractivity contribution in [2.75, 3.05) is 0 Å². The zero-order valence-corrected chi connectivity index (χ0v) is 10.5. The van der Waals surface area contributed by atoms with E-state index >= 15 is 0 Å². The number of aromatic nitrogens is 1. The van der Waals surface area contributed by atoms with Crippen LogP contribution in [0.5, 0.6) is 0 Å². The van der Waals surface area contributed by atoms with Crippen LogP contribution in [0.3, 0.4) is 0 Å². The second kappa shape index (κ2) is 8.06. The summed E-state index contributed by atoms with van der Waals surface area (Å²) in [5.74, 6) is 0. The highest BCUT2D eigenvalue weighted by Crippen LogP contribution is 2.22. The molecule has 0 unspecified atom stereocenters. The Kier molecular flexibility index (Phi) is 6.01. The van der Waals surface area contributed by atoms with E-state index in [1.807, 2.05) is 24.4 Å². The van der Waals surface area contributed by atoms with E-state index in [1.165, 1.54) is 16.2 Å². The van der Waals surface area contributed by atoms with Gasteiger partial charge in [-0.15, -0.1) is 0 Å². The minimum absolute atomic E-state index is 0.750. The number of para-hydroxylation sites is 1. The predicted octanol–water partition coefficient (Wildman–Crippen LogP) is 3.19. The van der Waals surface area contributed by atoms with Crippen LogP contribution in [0.4, 0.5) is 0 Å². The highest BCUT2D eigenvalue weighted by atomic mass is 16.1. The minimum Gasteiger partial charge on any atom is -0.256 e. The lowest BCUT2D eigenvalue weighted by molar-refractivity contribution is 0.562. The maximum absolute atomic E-state index is 8.35. The number of isocyanates is 2. The second-order valence-electron chi connectivity index (χ2n) is 3.57. The summed E-state index contributed by atoms with van der Waals surface area (Å²) in [6, 6.07) is 16.6. The molecule has 1 aromatic heterocycles. The number of hydrogen-bond donors (Lipinski definition) is 2. The summed E-state index contributed by atoms with van der Waals surface area (Å²) in [4.78, 5) is 21.1. The van der Waals surface area contributed by atoms with Gasteiger partial charge >= 0.3 is 0 Å². The minimum atomic E-state index is 0.750. The van der Waals surface area contributed by atoms with Crippen LogP contribution < -0.4 is 0 Å². The Balaban J connectivity index is 0.000000290. The van der Waals surface area contributed by atoms with E-state index in [2.05, 4.69) is 35.3 Å². The van der Waals surface area contributed by atoms with Crippen molar-refractivity contribution in [3.63, 3.8) is 0 Å². The number of pyridine rings is 1. The molecular weight excluding hydrogens is 254 g/mol. The maximum Gasteiger partial charge on any atom is 0.231 e. The van der Waals surface area contributed by atoms with Crippen LogP contribution in [-0.4, -0.2) is 17.1 Å². The van der Waals surface area contributed by atoms with E-state index in [0.29, 0.717) is 0 Å². The molecule has 0 spiro atoms. The summed E-state index contributed by atoms with van der Waals surface area (Å²) >= 11 is 0. The van der Waals surface area contributed by atoms with Crippen molar-refractivity contribution in [3.8, 4) is 0 Å². The highest BCUT2D eigenvalue weighted by molar-refractivity contribution is 6.05. The molecule has 0 fully saturated rings. The number of nitrogens with one attached hydrogen (secondary N) is 2. The summed E-state index contributed by atoms with van der Waals surface area (Å²) in [6.45, 7) is 0. The fourth-order valence-electron chi connectivity index (χ4n) is 1.81. The largest absolute Gasteiger partial charge is 0.256 e.